The Morgan fingerprint density at radius 2 is 1.69 bits per heavy atom. The molecule has 2 aliphatic rings. The minimum atomic E-state index is -0.136. The van der Waals surface area contributed by atoms with Crippen LogP contribution in [-0.2, 0) is 24.2 Å². The lowest BCUT2D eigenvalue weighted by molar-refractivity contribution is -0.128. The molecule has 4 aromatic rings. The summed E-state index contributed by atoms with van der Waals surface area (Å²) in [6, 6.07) is 25.6. The Labute approximate surface area is 213 Å². The molecule has 1 aliphatic heterocycles. The minimum Gasteiger partial charge on any atom is -0.322 e. The highest BCUT2D eigenvalue weighted by atomic mass is 35.5. The van der Waals surface area contributed by atoms with Gasteiger partial charge < -0.3 is 10.2 Å². The van der Waals surface area contributed by atoms with Crippen LogP contribution in [0.3, 0.4) is 0 Å². The van der Waals surface area contributed by atoms with Crippen LogP contribution in [0.25, 0.3) is 10.8 Å². The van der Waals surface area contributed by atoms with Crippen molar-refractivity contribution in [3.63, 3.8) is 0 Å². The van der Waals surface area contributed by atoms with Crippen molar-refractivity contribution in [3.8, 4) is 0 Å². The van der Waals surface area contributed by atoms with E-state index in [1.54, 1.807) is 11.8 Å². The Hall–Kier alpha value is -3.28. The molecule has 174 valence electrons. The minimum absolute atomic E-state index is 0.0770. The number of hydrogen-bond donors (Lipinski definition) is 1. The first-order chi connectivity index (χ1) is 17.1. The maximum atomic E-state index is 13.1. The van der Waals surface area contributed by atoms with Crippen molar-refractivity contribution in [2.45, 2.75) is 24.8 Å². The van der Waals surface area contributed by atoms with E-state index in [-0.39, 0.29) is 17.2 Å². The molecule has 0 radical (unpaired) electrons. The quantitative estimate of drug-likeness (QED) is 0.336. The predicted octanol–water partition coefficient (Wildman–Crippen LogP) is 6.62. The molecule has 35 heavy (non-hydrogen) atoms. The smallest absolute Gasteiger partial charge is 0.255 e. The average Bonchev–Trinajstić information content (AvgIpc) is 3.47. The number of carbonyl (C=O) groups is 2. The molecule has 0 aromatic heterocycles. The Kier molecular flexibility index (Phi) is 5.75. The summed E-state index contributed by atoms with van der Waals surface area (Å²) < 4.78 is 0. The van der Waals surface area contributed by atoms with Gasteiger partial charge in [-0.25, -0.2) is 0 Å². The molecule has 1 fully saturated rings. The number of rotatable bonds is 5. The molecule has 1 saturated heterocycles. The number of hydrogen-bond acceptors (Lipinski definition) is 3. The van der Waals surface area contributed by atoms with Crippen LogP contribution in [0, 0.1) is 0 Å². The SMILES string of the molecule is O=C(Nc1ccc2c3c(cccc13)CC2)c1ccc([C@@H]2SCC(=O)N2Cc2ccc(Cl)cc2)cc1. The number of benzene rings is 4. The third-order valence-electron chi connectivity index (χ3n) is 6.82. The number of halogens is 1. The second-order valence-electron chi connectivity index (χ2n) is 9.00. The van der Waals surface area contributed by atoms with Crippen LogP contribution in [0.5, 0.6) is 0 Å². The Morgan fingerprint density at radius 3 is 2.46 bits per heavy atom. The first kappa shape index (κ1) is 22.2. The first-order valence-electron chi connectivity index (χ1n) is 11.7. The van der Waals surface area contributed by atoms with Crippen LogP contribution in [0.15, 0.2) is 78.9 Å². The number of nitrogens with one attached hydrogen (secondary N) is 1. The van der Waals surface area contributed by atoms with E-state index in [2.05, 4.69) is 29.6 Å². The van der Waals surface area contributed by atoms with Crippen molar-refractivity contribution >= 4 is 51.6 Å². The highest BCUT2D eigenvalue weighted by molar-refractivity contribution is 8.00. The molecule has 1 aliphatic carbocycles. The van der Waals surface area contributed by atoms with Gasteiger partial charge in [-0.3, -0.25) is 9.59 Å². The molecule has 0 bridgehead atoms. The van der Waals surface area contributed by atoms with E-state index in [0.717, 1.165) is 35.0 Å². The summed E-state index contributed by atoms with van der Waals surface area (Å²) >= 11 is 7.61. The lowest BCUT2D eigenvalue weighted by atomic mass is 10.0. The van der Waals surface area contributed by atoms with Gasteiger partial charge in [0.15, 0.2) is 0 Å². The predicted molar refractivity (Wildman–Crippen MR) is 143 cm³/mol. The van der Waals surface area contributed by atoms with Gasteiger partial charge in [-0.2, -0.15) is 0 Å². The average molecular weight is 499 g/mol. The van der Waals surface area contributed by atoms with Crippen LogP contribution in [-0.4, -0.2) is 22.5 Å². The summed E-state index contributed by atoms with van der Waals surface area (Å²) in [5.74, 6) is 0.429. The number of carbonyl (C=O) groups excluding carboxylic acids is 2. The van der Waals surface area contributed by atoms with Gasteiger partial charge in [-0.15, -0.1) is 11.8 Å². The van der Waals surface area contributed by atoms with Crippen molar-refractivity contribution < 1.29 is 9.59 Å². The summed E-state index contributed by atoms with van der Waals surface area (Å²) in [5.41, 5.74) is 6.19. The zero-order chi connectivity index (χ0) is 23.9. The molecule has 0 saturated carbocycles. The van der Waals surface area contributed by atoms with Crippen LogP contribution in [0.1, 0.15) is 38.0 Å². The molecule has 2 amide bonds. The highest BCUT2D eigenvalue weighted by Gasteiger charge is 2.32. The molecule has 1 heterocycles. The fourth-order valence-corrected chi connectivity index (χ4v) is 6.35. The van der Waals surface area contributed by atoms with Crippen LogP contribution >= 0.6 is 23.4 Å². The number of thioether (sulfide) groups is 1. The van der Waals surface area contributed by atoms with Crippen LogP contribution < -0.4 is 5.32 Å². The molecular weight excluding hydrogens is 476 g/mol. The molecule has 1 atom stereocenters. The summed E-state index contributed by atoms with van der Waals surface area (Å²) in [4.78, 5) is 27.5. The van der Waals surface area contributed by atoms with Gasteiger partial charge in [0.2, 0.25) is 5.91 Å². The van der Waals surface area contributed by atoms with E-state index in [1.165, 1.54) is 16.5 Å². The summed E-state index contributed by atoms with van der Waals surface area (Å²) in [6.45, 7) is 0.529. The van der Waals surface area contributed by atoms with Gasteiger partial charge in [0.1, 0.15) is 5.37 Å². The highest BCUT2D eigenvalue weighted by Crippen LogP contribution is 2.40. The van der Waals surface area contributed by atoms with Crippen molar-refractivity contribution in [1.82, 2.24) is 4.90 Å². The number of nitrogens with zero attached hydrogens (tertiary/aromatic N) is 1. The van der Waals surface area contributed by atoms with Gasteiger partial charge in [-0.05, 0) is 70.8 Å². The Morgan fingerprint density at radius 1 is 0.943 bits per heavy atom. The van der Waals surface area contributed by atoms with E-state index in [1.807, 2.05) is 59.5 Å². The lowest BCUT2D eigenvalue weighted by Crippen LogP contribution is -2.27. The molecule has 4 aromatic carbocycles. The van der Waals surface area contributed by atoms with Crippen LogP contribution in [0.2, 0.25) is 5.02 Å². The molecule has 4 nitrogen and oxygen atoms in total. The van der Waals surface area contributed by atoms with Gasteiger partial charge >= 0.3 is 0 Å². The second-order valence-corrected chi connectivity index (χ2v) is 10.5. The summed E-state index contributed by atoms with van der Waals surface area (Å²) in [7, 11) is 0. The van der Waals surface area contributed by atoms with Crippen LogP contribution in [0.4, 0.5) is 5.69 Å². The summed E-state index contributed by atoms with van der Waals surface area (Å²) in [5, 5.41) is 6.09. The van der Waals surface area contributed by atoms with Gasteiger partial charge in [0.05, 0.1) is 5.75 Å². The fraction of sp³-hybridized carbons (Fsp3) is 0.172. The van der Waals surface area contributed by atoms with Gasteiger partial charge in [0, 0.05) is 28.2 Å². The zero-order valence-corrected chi connectivity index (χ0v) is 20.5. The number of anilines is 1. The lowest BCUT2D eigenvalue weighted by Gasteiger charge is -2.24. The summed E-state index contributed by atoms with van der Waals surface area (Å²) in [6.07, 6.45) is 2.12. The van der Waals surface area contributed by atoms with E-state index in [9.17, 15) is 9.59 Å². The van der Waals surface area contributed by atoms with E-state index >= 15 is 0 Å². The third-order valence-corrected chi connectivity index (χ3v) is 8.33. The number of amides is 2. The molecule has 0 spiro atoms. The maximum absolute atomic E-state index is 13.1. The van der Waals surface area contributed by atoms with E-state index in [4.69, 9.17) is 11.6 Å². The standard InChI is InChI=1S/C29H23ClN2O2S/c30-23-13-4-18(5-14-23)16-32-26(33)17-35-29(32)22-10-8-21(9-11-22)28(34)31-25-15-12-20-7-6-19-2-1-3-24(25)27(19)20/h1-5,8-15,29H,6-7,16-17H2,(H,31,34)/t29-/m0/s1. The Balaban J connectivity index is 1.20. The monoisotopic (exact) mass is 498 g/mol. The molecule has 1 N–H and O–H groups in total. The number of aryl methyl sites for hydroxylation is 2. The third kappa shape index (κ3) is 4.19. The zero-order valence-electron chi connectivity index (χ0n) is 19.0. The largest absolute Gasteiger partial charge is 0.322 e. The molecule has 6 rings (SSSR count). The normalized spacial score (nSPS) is 16.8. The topological polar surface area (TPSA) is 49.4 Å². The van der Waals surface area contributed by atoms with Crippen molar-refractivity contribution in [1.29, 1.82) is 0 Å². The van der Waals surface area contributed by atoms with E-state index in [0.29, 0.717) is 22.9 Å². The molecule has 0 unspecified atom stereocenters. The van der Waals surface area contributed by atoms with Crippen molar-refractivity contribution in [2.75, 3.05) is 11.1 Å². The van der Waals surface area contributed by atoms with E-state index < -0.39 is 0 Å². The first-order valence-corrected chi connectivity index (χ1v) is 13.1. The fourth-order valence-electron chi connectivity index (χ4n) is 5.04. The second kappa shape index (κ2) is 9.06. The van der Waals surface area contributed by atoms with Gasteiger partial charge in [-0.1, -0.05) is 60.1 Å². The molecule has 6 heteroatoms. The van der Waals surface area contributed by atoms with Crippen molar-refractivity contribution in [2.24, 2.45) is 0 Å². The van der Waals surface area contributed by atoms with Gasteiger partial charge in [0.25, 0.3) is 5.91 Å². The Bertz CT molecular complexity index is 1440. The maximum Gasteiger partial charge on any atom is 0.255 e. The molecular formula is C29H23ClN2O2S. The van der Waals surface area contributed by atoms with Crippen molar-refractivity contribution in [3.05, 3.63) is 112 Å².